The smallest absolute Gasteiger partial charge is 0.479 e. The molecule has 0 aliphatic carbocycles. The van der Waals surface area contributed by atoms with Crippen LogP contribution in [-0.2, 0) is 11.2 Å². The molecule has 0 aliphatic heterocycles. The van der Waals surface area contributed by atoms with E-state index in [4.69, 9.17) is 10.4 Å². The average Bonchev–Trinajstić information content (AvgIpc) is 2.34. The molecule has 1 aromatic carbocycles. The summed E-state index contributed by atoms with van der Waals surface area (Å²) in [5.74, 6) is -2.22. The molecular weight excluding hydrogens is 279 g/mol. The third-order valence-electron chi connectivity index (χ3n) is 2.41. The van der Waals surface area contributed by atoms with Gasteiger partial charge in [-0.25, -0.2) is 4.79 Å². The molecule has 0 heterocycles. The van der Waals surface area contributed by atoms with Crippen LogP contribution in [0.3, 0.4) is 0 Å². The van der Waals surface area contributed by atoms with Crippen LogP contribution in [0.2, 0.25) is 0 Å². The fourth-order valence-electron chi connectivity index (χ4n) is 1.64. The molecule has 1 aromatic rings. The zero-order valence-electron chi connectivity index (χ0n) is 10.0. The molecule has 0 amide bonds. The van der Waals surface area contributed by atoms with E-state index in [-0.39, 0.29) is 24.0 Å². The summed E-state index contributed by atoms with van der Waals surface area (Å²) in [6, 6.07) is 5.05. The van der Waals surface area contributed by atoms with Crippen LogP contribution in [0.15, 0.2) is 18.2 Å². The zero-order chi connectivity index (χ0) is 15.3. The quantitative estimate of drug-likeness (QED) is 0.866. The number of alkyl halides is 3. The van der Waals surface area contributed by atoms with Gasteiger partial charge >= 0.3 is 12.3 Å². The predicted octanol–water partition coefficient (Wildman–Crippen LogP) is 2.16. The molecule has 0 spiro atoms. The van der Waals surface area contributed by atoms with Crippen LogP contribution in [-0.4, -0.2) is 22.5 Å². The number of nitrogens with zero attached hydrogens (tertiary/aromatic N) is 1. The molecule has 0 fully saturated rings. The van der Waals surface area contributed by atoms with Gasteiger partial charge in [0.1, 0.15) is 5.75 Å². The molecule has 0 radical (unpaired) electrons. The maximum absolute atomic E-state index is 12.3. The number of carboxylic acids is 1. The summed E-state index contributed by atoms with van der Waals surface area (Å²) < 4.78 is 40.6. The Labute approximate surface area is 111 Å². The van der Waals surface area contributed by atoms with Crippen molar-refractivity contribution in [2.45, 2.75) is 25.3 Å². The molecule has 8 heteroatoms. The lowest BCUT2D eigenvalue weighted by Gasteiger charge is -2.17. The van der Waals surface area contributed by atoms with Crippen LogP contribution in [0.4, 0.5) is 13.2 Å². The second-order valence-corrected chi connectivity index (χ2v) is 3.77. The Balaban J connectivity index is 3.27. The van der Waals surface area contributed by atoms with E-state index in [0.29, 0.717) is 0 Å². The van der Waals surface area contributed by atoms with Gasteiger partial charge in [0.05, 0.1) is 6.07 Å². The average molecular weight is 289 g/mol. The van der Waals surface area contributed by atoms with E-state index >= 15 is 0 Å². The standard InChI is InChI=1S/C12H10F3NO4/c13-12(14,15)20-9-5-1-3-8(10(17)11(18)19)7(9)4-2-6-16/h1,3,5,10,17H,2,4H2,(H,18,19). The van der Waals surface area contributed by atoms with Gasteiger partial charge in [0.2, 0.25) is 0 Å². The number of rotatable bonds is 5. The normalized spacial score (nSPS) is 12.6. The highest BCUT2D eigenvalue weighted by Gasteiger charge is 2.33. The lowest BCUT2D eigenvalue weighted by atomic mass is 9.97. The number of hydrogen-bond donors (Lipinski definition) is 2. The Morgan fingerprint density at radius 3 is 2.60 bits per heavy atom. The fraction of sp³-hybridized carbons (Fsp3) is 0.333. The summed E-state index contributed by atoms with van der Waals surface area (Å²) in [6.45, 7) is 0. The summed E-state index contributed by atoms with van der Waals surface area (Å²) in [5.41, 5.74) is -0.379. The van der Waals surface area contributed by atoms with Crippen LogP contribution in [0.25, 0.3) is 0 Å². The molecular formula is C12H10F3NO4. The maximum Gasteiger partial charge on any atom is 0.573 e. The summed E-state index contributed by atoms with van der Waals surface area (Å²) in [7, 11) is 0. The predicted molar refractivity (Wildman–Crippen MR) is 59.7 cm³/mol. The molecule has 0 saturated heterocycles. The highest BCUT2D eigenvalue weighted by molar-refractivity contribution is 5.75. The minimum atomic E-state index is -4.95. The first kappa shape index (κ1) is 15.8. The maximum atomic E-state index is 12.3. The van der Waals surface area contributed by atoms with Crippen LogP contribution in [0, 0.1) is 11.3 Å². The van der Waals surface area contributed by atoms with Crippen molar-refractivity contribution in [2.24, 2.45) is 0 Å². The van der Waals surface area contributed by atoms with E-state index in [9.17, 15) is 23.1 Å². The number of benzene rings is 1. The summed E-state index contributed by atoms with van der Waals surface area (Å²) >= 11 is 0. The molecule has 0 aromatic heterocycles. The Bertz CT molecular complexity index is 536. The molecule has 1 unspecified atom stereocenters. The molecule has 5 nitrogen and oxygen atoms in total. The third kappa shape index (κ3) is 4.13. The first-order valence-electron chi connectivity index (χ1n) is 5.41. The number of aliphatic hydroxyl groups is 1. The molecule has 1 atom stereocenters. The number of aliphatic hydroxyl groups excluding tert-OH is 1. The summed E-state index contributed by atoms with van der Waals surface area (Å²) in [5, 5.41) is 26.7. The SMILES string of the molecule is N#CCCc1c(OC(F)(F)F)cccc1C(O)C(=O)O. The minimum absolute atomic E-state index is 0.141. The molecule has 0 bridgehead atoms. The van der Waals surface area contributed by atoms with Gasteiger partial charge in [-0.3, -0.25) is 0 Å². The van der Waals surface area contributed by atoms with Crippen molar-refractivity contribution < 1.29 is 32.9 Å². The number of aliphatic carboxylic acids is 1. The van der Waals surface area contributed by atoms with E-state index in [2.05, 4.69) is 4.74 Å². The van der Waals surface area contributed by atoms with Crippen LogP contribution in [0.1, 0.15) is 23.7 Å². The fourth-order valence-corrected chi connectivity index (χ4v) is 1.64. The van der Waals surface area contributed by atoms with E-state index in [1.54, 1.807) is 6.07 Å². The number of nitriles is 1. The molecule has 108 valence electrons. The van der Waals surface area contributed by atoms with Crippen LogP contribution < -0.4 is 4.74 Å². The number of hydrogen-bond acceptors (Lipinski definition) is 4. The van der Waals surface area contributed by atoms with Crippen LogP contribution >= 0.6 is 0 Å². The Morgan fingerprint density at radius 2 is 2.10 bits per heavy atom. The highest BCUT2D eigenvalue weighted by atomic mass is 19.4. The summed E-state index contributed by atoms with van der Waals surface area (Å²) in [6.07, 6.45) is -7.24. The molecule has 2 N–H and O–H groups in total. The third-order valence-corrected chi connectivity index (χ3v) is 2.41. The Kier molecular flexibility index (Phi) is 4.94. The highest BCUT2D eigenvalue weighted by Crippen LogP contribution is 2.32. The van der Waals surface area contributed by atoms with Gasteiger partial charge in [0.25, 0.3) is 0 Å². The van der Waals surface area contributed by atoms with E-state index in [1.165, 1.54) is 6.07 Å². The zero-order valence-corrected chi connectivity index (χ0v) is 10.0. The monoisotopic (exact) mass is 289 g/mol. The first-order valence-corrected chi connectivity index (χ1v) is 5.41. The number of halogens is 3. The molecule has 1 rings (SSSR count). The number of carbonyl (C=O) groups is 1. The van der Waals surface area contributed by atoms with Gasteiger partial charge < -0.3 is 14.9 Å². The van der Waals surface area contributed by atoms with Crippen LogP contribution in [0.5, 0.6) is 5.75 Å². The van der Waals surface area contributed by atoms with Crippen molar-refractivity contribution in [3.63, 3.8) is 0 Å². The van der Waals surface area contributed by atoms with Crippen molar-refractivity contribution in [3.8, 4) is 11.8 Å². The summed E-state index contributed by atoms with van der Waals surface area (Å²) in [4.78, 5) is 10.7. The van der Waals surface area contributed by atoms with E-state index in [1.807, 2.05) is 0 Å². The molecule has 20 heavy (non-hydrogen) atoms. The van der Waals surface area contributed by atoms with Gasteiger partial charge in [0.15, 0.2) is 6.10 Å². The van der Waals surface area contributed by atoms with E-state index < -0.39 is 24.2 Å². The van der Waals surface area contributed by atoms with Gasteiger partial charge in [0, 0.05) is 12.0 Å². The molecule has 0 aliphatic rings. The van der Waals surface area contributed by atoms with Crippen molar-refractivity contribution in [3.05, 3.63) is 29.3 Å². The minimum Gasteiger partial charge on any atom is -0.479 e. The Morgan fingerprint density at radius 1 is 1.45 bits per heavy atom. The molecule has 0 saturated carbocycles. The number of carboxylic acid groups (broad SMARTS) is 1. The van der Waals surface area contributed by atoms with Gasteiger partial charge in [-0.1, -0.05) is 12.1 Å². The van der Waals surface area contributed by atoms with Gasteiger partial charge in [-0.05, 0) is 18.1 Å². The largest absolute Gasteiger partial charge is 0.573 e. The van der Waals surface area contributed by atoms with Crippen molar-refractivity contribution in [1.29, 1.82) is 5.26 Å². The van der Waals surface area contributed by atoms with Gasteiger partial charge in [-0.15, -0.1) is 13.2 Å². The second-order valence-electron chi connectivity index (χ2n) is 3.77. The van der Waals surface area contributed by atoms with E-state index in [0.717, 1.165) is 12.1 Å². The lowest BCUT2D eigenvalue weighted by molar-refractivity contribution is -0.274. The van der Waals surface area contributed by atoms with Crippen molar-refractivity contribution in [1.82, 2.24) is 0 Å². The van der Waals surface area contributed by atoms with Gasteiger partial charge in [-0.2, -0.15) is 5.26 Å². The van der Waals surface area contributed by atoms with Crippen molar-refractivity contribution in [2.75, 3.05) is 0 Å². The topological polar surface area (TPSA) is 90.5 Å². The second kappa shape index (κ2) is 6.25. The first-order chi connectivity index (χ1) is 9.26. The Hall–Kier alpha value is -2.27. The van der Waals surface area contributed by atoms with Crippen molar-refractivity contribution >= 4 is 5.97 Å². The number of ether oxygens (including phenoxy) is 1. The lowest BCUT2D eigenvalue weighted by Crippen LogP contribution is -2.20.